The van der Waals surface area contributed by atoms with E-state index in [0.29, 0.717) is 22.5 Å². The Hall–Kier alpha value is 0.250. The highest BCUT2D eigenvalue weighted by Gasteiger charge is 2.11. The molecule has 6 heteroatoms. The van der Waals surface area contributed by atoms with Crippen LogP contribution in [0.2, 0.25) is 0 Å². The van der Waals surface area contributed by atoms with Crippen molar-refractivity contribution < 1.29 is 13.3 Å². The Kier molecular flexibility index (Phi) is 5.94. The van der Waals surface area contributed by atoms with E-state index in [1.807, 2.05) is 6.92 Å². The van der Waals surface area contributed by atoms with Crippen molar-refractivity contribution in [3.8, 4) is 0 Å². The van der Waals surface area contributed by atoms with Crippen LogP contribution in [0.1, 0.15) is 26.2 Å². The molecule has 0 aromatic heterocycles. The van der Waals surface area contributed by atoms with Gasteiger partial charge in [-0.05, 0) is 6.42 Å². The number of hydrogen-bond donors (Lipinski definition) is 3. The molecule has 0 aromatic rings. The molecule has 74 valence electrons. The first-order valence-electron chi connectivity index (χ1n) is 3.84. The van der Waals surface area contributed by atoms with E-state index in [0.717, 1.165) is 12.8 Å². The van der Waals surface area contributed by atoms with Crippen LogP contribution in [-0.4, -0.2) is 25.1 Å². The monoisotopic (exact) mass is 214 g/mol. The molecule has 4 nitrogen and oxygen atoms in total. The molecule has 0 aliphatic heterocycles. The Bertz CT molecular complexity index is 215. The first-order valence-corrected chi connectivity index (χ1v) is 6.82. The molecule has 0 fully saturated rings. The zero-order valence-corrected chi connectivity index (χ0v) is 8.74. The summed E-state index contributed by atoms with van der Waals surface area (Å²) in [6.45, 7) is 2.04. The van der Waals surface area contributed by atoms with E-state index >= 15 is 0 Å². The van der Waals surface area contributed by atoms with Crippen LogP contribution in [0.25, 0.3) is 0 Å². The van der Waals surface area contributed by atoms with E-state index < -0.39 is 9.05 Å². The van der Waals surface area contributed by atoms with Crippen molar-refractivity contribution in [1.82, 2.24) is 0 Å². The third kappa shape index (κ3) is 8.35. The highest BCUT2D eigenvalue weighted by Crippen LogP contribution is 1.97. The molecule has 0 aliphatic rings. The van der Waals surface area contributed by atoms with Crippen molar-refractivity contribution in [1.29, 1.82) is 0 Å². The maximum absolute atomic E-state index is 10.4. The van der Waals surface area contributed by atoms with Gasteiger partial charge in [0.1, 0.15) is 0 Å². The van der Waals surface area contributed by atoms with Crippen LogP contribution in [0.15, 0.2) is 0 Å². The van der Waals surface area contributed by atoms with Gasteiger partial charge in [0.2, 0.25) is 0 Å². The van der Waals surface area contributed by atoms with Crippen LogP contribution in [0, 0.1) is 0 Å². The van der Waals surface area contributed by atoms with Gasteiger partial charge in [0.05, 0.1) is 0 Å². The molecule has 0 saturated heterocycles. The summed E-state index contributed by atoms with van der Waals surface area (Å²) in [5, 5.41) is 0. The highest BCUT2D eigenvalue weighted by atomic mass is 32.9. The predicted molar refractivity (Wildman–Crippen MR) is 53.1 cm³/mol. The zero-order valence-electron chi connectivity index (χ0n) is 7.10. The largest absolute Gasteiger partial charge is 0.430 e. The number of nitrogens with two attached hydrogens (primary N) is 1. The topological polar surface area (TPSA) is 83.6 Å². The molecule has 1 atom stereocenters. The van der Waals surface area contributed by atoms with Crippen LogP contribution in [0.3, 0.4) is 0 Å². The maximum Gasteiger partial charge on any atom is 0.430 e. The fraction of sp³-hybridized carbons (Fsp3) is 1.00. The van der Waals surface area contributed by atoms with Crippen molar-refractivity contribution in [2.45, 2.75) is 32.2 Å². The molecule has 0 heterocycles. The fourth-order valence-electron chi connectivity index (χ4n) is 0.823. The van der Waals surface area contributed by atoms with Crippen molar-refractivity contribution in [2.75, 3.05) is 5.75 Å². The van der Waals surface area contributed by atoms with Gasteiger partial charge in [-0.15, -0.1) is 0 Å². The molecule has 0 amide bonds. The Morgan fingerprint density at radius 3 is 2.50 bits per heavy atom. The lowest BCUT2D eigenvalue weighted by molar-refractivity contribution is 0.450. The summed E-state index contributed by atoms with van der Waals surface area (Å²) in [6, 6.07) is 0.0734. The lowest BCUT2D eigenvalue weighted by atomic mass is 10.1. The third-order valence-electron chi connectivity index (χ3n) is 1.38. The SMILES string of the molecule is CCCC(N)CC[S+]=S(=O)(O)O. The second-order valence-corrected chi connectivity index (χ2v) is 6.16. The summed E-state index contributed by atoms with van der Waals surface area (Å²) in [5.41, 5.74) is 5.64. The molecule has 1 unspecified atom stereocenters. The van der Waals surface area contributed by atoms with Gasteiger partial charge in [0, 0.05) is 12.5 Å². The predicted octanol–water partition coefficient (Wildman–Crippen LogP) is 0.732. The molecule has 12 heavy (non-hydrogen) atoms. The zero-order chi connectivity index (χ0) is 9.61. The lowest BCUT2D eigenvalue weighted by Crippen LogP contribution is -2.20. The van der Waals surface area contributed by atoms with Gasteiger partial charge in [0.25, 0.3) is 10.3 Å². The van der Waals surface area contributed by atoms with Gasteiger partial charge in [-0.25, -0.2) is 0 Å². The molecule has 4 N–H and O–H groups in total. The number of rotatable bonds is 5. The third-order valence-corrected chi connectivity index (χ3v) is 3.52. The minimum Gasteiger partial charge on any atom is -0.328 e. The van der Waals surface area contributed by atoms with Crippen molar-refractivity contribution in [3.05, 3.63) is 0 Å². The summed E-state index contributed by atoms with van der Waals surface area (Å²) in [5.74, 6) is 0.424. The van der Waals surface area contributed by atoms with E-state index in [2.05, 4.69) is 0 Å². The second-order valence-electron chi connectivity index (χ2n) is 2.61. The van der Waals surface area contributed by atoms with Gasteiger partial charge in [-0.2, -0.15) is 4.21 Å². The molecule has 0 radical (unpaired) electrons. The Labute approximate surface area is 76.8 Å². The summed E-state index contributed by atoms with van der Waals surface area (Å²) in [6.07, 6.45) is 2.59. The van der Waals surface area contributed by atoms with E-state index in [-0.39, 0.29) is 6.04 Å². The van der Waals surface area contributed by atoms with Gasteiger partial charge < -0.3 is 5.73 Å². The van der Waals surface area contributed by atoms with Crippen LogP contribution in [0.5, 0.6) is 0 Å². The summed E-state index contributed by atoms with van der Waals surface area (Å²) < 4.78 is 27.3. The fourth-order valence-corrected chi connectivity index (χ4v) is 2.38. The molecule has 0 spiro atoms. The van der Waals surface area contributed by atoms with Gasteiger partial charge in [0.15, 0.2) is 5.75 Å². The Balaban J connectivity index is 3.64. The Morgan fingerprint density at radius 2 is 2.08 bits per heavy atom. The second kappa shape index (κ2) is 5.82. The summed E-state index contributed by atoms with van der Waals surface area (Å²) >= 11 is 0. The number of hydrogen-bond acceptors (Lipinski definition) is 2. The first-order chi connectivity index (χ1) is 5.45. The lowest BCUT2D eigenvalue weighted by Gasteiger charge is -2.03. The van der Waals surface area contributed by atoms with Gasteiger partial charge >= 0.3 is 9.05 Å². The van der Waals surface area contributed by atoms with E-state index in [4.69, 9.17) is 14.8 Å². The first kappa shape index (κ1) is 12.2. The van der Waals surface area contributed by atoms with Crippen molar-refractivity contribution >= 4 is 19.4 Å². The molecule has 0 aromatic carbocycles. The smallest absolute Gasteiger partial charge is 0.328 e. The van der Waals surface area contributed by atoms with Crippen LogP contribution >= 0.6 is 0 Å². The summed E-state index contributed by atoms with van der Waals surface area (Å²) in [4.78, 5) is 0. The minimum absolute atomic E-state index is 0.0734. The van der Waals surface area contributed by atoms with E-state index in [9.17, 15) is 4.21 Å². The molecular formula is C6H16NO3S2+. The summed E-state index contributed by atoms with van der Waals surface area (Å²) in [7, 11) is -2.98. The minimum atomic E-state index is -3.62. The molecular weight excluding hydrogens is 198 g/mol. The maximum atomic E-state index is 10.4. The molecule has 0 aliphatic carbocycles. The quantitative estimate of drug-likeness (QED) is 0.589. The Morgan fingerprint density at radius 1 is 1.50 bits per heavy atom. The molecule has 0 saturated carbocycles. The van der Waals surface area contributed by atoms with Crippen molar-refractivity contribution in [2.24, 2.45) is 5.73 Å². The average molecular weight is 214 g/mol. The van der Waals surface area contributed by atoms with Crippen LogP contribution < -0.4 is 5.73 Å². The van der Waals surface area contributed by atoms with Gasteiger partial charge in [-0.1, -0.05) is 13.3 Å². The van der Waals surface area contributed by atoms with E-state index in [1.165, 1.54) is 0 Å². The highest BCUT2D eigenvalue weighted by molar-refractivity contribution is 8.34. The normalized spacial score (nSPS) is 14.3. The molecule has 0 rings (SSSR count). The van der Waals surface area contributed by atoms with Crippen LogP contribution in [-0.2, 0) is 19.4 Å². The average Bonchev–Trinajstić information content (AvgIpc) is 1.84. The van der Waals surface area contributed by atoms with Gasteiger partial charge in [-0.3, -0.25) is 9.11 Å². The molecule has 0 bridgehead atoms. The standard InChI is InChI=1S/C6H15NO3S2/c1-2-3-6(7)4-5-11-12(8,9)10/h6H,2-5,7H2,1H3,(H-,8,9,10)/p+1. The van der Waals surface area contributed by atoms with Crippen molar-refractivity contribution in [3.63, 3.8) is 0 Å². The van der Waals surface area contributed by atoms with Crippen LogP contribution in [0.4, 0.5) is 0 Å². The van der Waals surface area contributed by atoms with E-state index in [1.54, 1.807) is 0 Å².